The number of benzene rings is 1. The first-order valence-corrected chi connectivity index (χ1v) is 7.11. The van der Waals surface area contributed by atoms with Gasteiger partial charge in [0.2, 0.25) is 0 Å². The van der Waals surface area contributed by atoms with Crippen LogP contribution < -0.4 is 15.5 Å². The van der Waals surface area contributed by atoms with Crippen molar-refractivity contribution in [1.29, 1.82) is 0 Å². The first kappa shape index (κ1) is 14.7. The third-order valence-corrected chi connectivity index (χ3v) is 3.78. The predicted octanol–water partition coefficient (Wildman–Crippen LogP) is 2.99. The van der Waals surface area contributed by atoms with Crippen molar-refractivity contribution in [2.24, 2.45) is 0 Å². The van der Waals surface area contributed by atoms with Crippen LogP contribution in [0.1, 0.15) is 33.1 Å². The van der Waals surface area contributed by atoms with Crippen LogP contribution in [0, 0.1) is 0 Å². The number of rotatable bonds is 3. The molecule has 0 radical (unpaired) electrons. The van der Waals surface area contributed by atoms with Crippen LogP contribution in [0.4, 0.5) is 10.5 Å². The largest absolute Gasteiger partial charge is 0.495 e. The molecule has 2 rings (SSSR count). The molecule has 1 aliphatic heterocycles. The van der Waals surface area contributed by atoms with E-state index in [0.29, 0.717) is 23.5 Å². The minimum Gasteiger partial charge on any atom is -0.495 e. The van der Waals surface area contributed by atoms with Crippen LogP contribution in [0.3, 0.4) is 0 Å². The molecule has 1 saturated heterocycles. The second kappa shape index (κ2) is 6.61. The number of methoxy groups -OCH3 is 1. The zero-order valence-electron chi connectivity index (χ0n) is 12.3. The Morgan fingerprint density at radius 2 is 1.90 bits per heavy atom. The molecule has 1 aromatic carbocycles. The summed E-state index contributed by atoms with van der Waals surface area (Å²) in [4.78, 5) is 12.1. The lowest BCUT2D eigenvalue weighted by Gasteiger charge is -2.38. The Bertz CT molecular complexity index is 454. The fourth-order valence-electron chi connectivity index (χ4n) is 2.66. The van der Waals surface area contributed by atoms with Crippen LogP contribution in [0.2, 0.25) is 0 Å². The van der Waals surface area contributed by atoms with E-state index in [4.69, 9.17) is 4.74 Å². The Labute approximate surface area is 120 Å². The van der Waals surface area contributed by atoms with E-state index in [-0.39, 0.29) is 6.03 Å². The van der Waals surface area contributed by atoms with Gasteiger partial charge in [0, 0.05) is 12.1 Å². The van der Waals surface area contributed by atoms with Gasteiger partial charge in [-0.3, -0.25) is 5.43 Å². The molecule has 0 aliphatic carbocycles. The van der Waals surface area contributed by atoms with Crippen molar-refractivity contribution in [2.75, 3.05) is 12.4 Å². The van der Waals surface area contributed by atoms with E-state index in [1.54, 1.807) is 7.11 Å². The van der Waals surface area contributed by atoms with Gasteiger partial charge >= 0.3 is 6.03 Å². The quantitative estimate of drug-likeness (QED) is 0.893. The Balaban J connectivity index is 1.98. The summed E-state index contributed by atoms with van der Waals surface area (Å²) in [5.41, 5.74) is 3.62. The predicted molar refractivity (Wildman–Crippen MR) is 79.8 cm³/mol. The number of carbonyl (C=O) groups is 1. The molecule has 0 bridgehead atoms. The van der Waals surface area contributed by atoms with E-state index in [9.17, 15) is 4.79 Å². The Kier molecular flexibility index (Phi) is 4.84. The van der Waals surface area contributed by atoms with E-state index in [1.807, 2.05) is 29.3 Å². The molecule has 2 amide bonds. The molecule has 1 aliphatic rings. The number of nitrogens with one attached hydrogen (secondary N) is 2. The summed E-state index contributed by atoms with van der Waals surface area (Å²) >= 11 is 0. The van der Waals surface area contributed by atoms with Crippen LogP contribution >= 0.6 is 0 Å². The van der Waals surface area contributed by atoms with Gasteiger partial charge < -0.3 is 10.1 Å². The molecule has 20 heavy (non-hydrogen) atoms. The Morgan fingerprint density at radius 1 is 1.25 bits per heavy atom. The van der Waals surface area contributed by atoms with E-state index in [2.05, 4.69) is 24.6 Å². The molecule has 1 heterocycles. The molecule has 1 aromatic rings. The standard InChI is InChI=1S/C15H23N3O2/c1-11-7-6-8-12(2)18(11)17-15(19)16-13-9-4-5-10-14(13)20-3/h4-5,9-12H,6-8H2,1-3H3,(H2,16,17,19). The molecule has 2 atom stereocenters. The van der Waals surface area contributed by atoms with Crippen LogP contribution in [0.25, 0.3) is 0 Å². The van der Waals surface area contributed by atoms with Gasteiger partial charge in [-0.2, -0.15) is 0 Å². The van der Waals surface area contributed by atoms with Crippen LogP contribution in [-0.4, -0.2) is 30.2 Å². The molecular formula is C15H23N3O2. The van der Waals surface area contributed by atoms with Gasteiger partial charge in [0.05, 0.1) is 12.8 Å². The Morgan fingerprint density at radius 3 is 2.55 bits per heavy atom. The van der Waals surface area contributed by atoms with Crippen LogP contribution in [0.15, 0.2) is 24.3 Å². The highest BCUT2D eigenvalue weighted by Crippen LogP contribution is 2.23. The number of amides is 2. The molecule has 0 spiro atoms. The van der Waals surface area contributed by atoms with E-state index < -0.39 is 0 Å². The van der Waals surface area contributed by atoms with Crippen molar-refractivity contribution in [3.05, 3.63) is 24.3 Å². The number of anilines is 1. The topological polar surface area (TPSA) is 53.6 Å². The van der Waals surface area contributed by atoms with Gasteiger partial charge in [0.1, 0.15) is 5.75 Å². The molecule has 5 nitrogen and oxygen atoms in total. The summed E-state index contributed by atoms with van der Waals surface area (Å²) in [6, 6.07) is 7.88. The lowest BCUT2D eigenvalue weighted by molar-refractivity contribution is 0.0625. The smallest absolute Gasteiger partial charge is 0.333 e. The molecule has 2 N–H and O–H groups in total. The maximum atomic E-state index is 12.1. The average Bonchev–Trinajstić information content (AvgIpc) is 2.44. The number of carbonyl (C=O) groups excluding carboxylic acids is 1. The van der Waals surface area contributed by atoms with Gasteiger partial charge in [-0.25, -0.2) is 9.80 Å². The summed E-state index contributed by atoms with van der Waals surface area (Å²) < 4.78 is 5.22. The fourth-order valence-corrected chi connectivity index (χ4v) is 2.66. The highest BCUT2D eigenvalue weighted by Gasteiger charge is 2.26. The van der Waals surface area contributed by atoms with Gasteiger partial charge in [0.15, 0.2) is 0 Å². The van der Waals surface area contributed by atoms with Gasteiger partial charge in [-0.15, -0.1) is 0 Å². The molecule has 0 aromatic heterocycles. The summed E-state index contributed by atoms with van der Waals surface area (Å²) in [6.45, 7) is 4.28. The SMILES string of the molecule is COc1ccccc1NC(=O)NN1C(C)CCCC1C. The number of piperidine rings is 1. The maximum absolute atomic E-state index is 12.1. The number of hydrogen-bond donors (Lipinski definition) is 2. The normalized spacial score (nSPS) is 23.1. The third-order valence-electron chi connectivity index (χ3n) is 3.78. The van der Waals surface area contributed by atoms with Crippen molar-refractivity contribution in [3.63, 3.8) is 0 Å². The van der Waals surface area contributed by atoms with Crippen LogP contribution in [-0.2, 0) is 0 Å². The highest BCUT2D eigenvalue weighted by molar-refractivity contribution is 5.90. The van der Waals surface area contributed by atoms with Gasteiger partial charge in [0.25, 0.3) is 0 Å². The summed E-state index contributed by atoms with van der Waals surface area (Å²) in [5, 5.41) is 4.87. The average molecular weight is 277 g/mol. The molecule has 2 unspecified atom stereocenters. The Hall–Kier alpha value is -1.75. The van der Waals surface area contributed by atoms with E-state index in [1.165, 1.54) is 6.42 Å². The van der Waals surface area contributed by atoms with E-state index >= 15 is 0 Å². The van der Waals surface area contributed by atoms with Crippen molar-refractivity contribution in [2.45, 2.75) is 45.2 Å². The fraction of sp³-hybridized carbons (Fsp3) is 0.533. The summed E-state index contributed by atoms with van der Waals surface area (Å²) in [6.07, 6.45) is 3.44. The van der Waals surface area contributed by atoms with E-state index in [0.717, 1.165) is 12.8 Å². The highest BCUT2D eigenvalue weighted by atomic mass is 16.5. The lowest BCUT2D eigenvalue weighted by Crippen LogP contribution is -2.55. The second-order valence-corrected chi connectivity index (χ2v) is 5.30. The summed E-state index contributed by atoms with van der Waals surface area (Å²) in [7, 11) is 1.59. The molecule has 1 fully saturated rings. The molecule has 0 saturated carbocycles. The second-order valence-electron chi connectivity index (χ2n) is 5.30. The van der Waals surface area contributed by atoms with Crippen molar-refractivity contribution < 1.29 is 9.53 Å². The molecule has 5 heteroatoms. The number of nitrogens with zero attached hydrogens (tertiary/aromatic N) is 1. The lowest BCUT2D eigenvalue weighted by atomic mass is 10.00. The van der Waals surface area contributed by atoms with Crippen molar-refractivity contribution >= 4 is 11.7 Å². The van der Waals surface area contributed by atoms with Crippen LogP contribution in [0.5, 0.6) is 5.75 Å². The van der Waals surface area contributed by atoms with Crippen molar-refractivity contribution in [1.82, 2.24) is 10.4 Å². The number of para-hydroxylation sites is 2. The third kappa shape index (κ3) is 3.42. The molecular weight excluding hydrogens is 254 g/mol. The maximum Gasteiger partial charge on any atom is 0.333 e. The minimum absolute atomic E-state index is 0.227. The van der Waals surface area contributed by atoms with Gasteiger partial charge in [-0.05, 0) is 38.8 Å². The molecule has 110 valence electrons. The minimum atomic E-state index is -0.227. The first-order chi connectivity index (χ1) is 9.61. The zero-order valence-corrected chi connectivity index (χ0v) is 12.3. The monoisotopic (exact) mass is 277 g/mol. The number of ether oxygens (including phenoxy) is 1. The van der Waals surface area contributed by atoms with Gasteiger partial charge in [-0.1, -0.05) is 18.6 Å². The van der Waals surface area contributed by atoms with Crippen molar-refractivity contribution in [3.8, 4) is 5.75 Å². The zero-order chi connectivity index (χ0) is 14.5. The summed E-state index contributed by atoms with van der Waals surface area (Å²) in [5.74, 6) is 0.655. The number of hydrazine groups is 1. The number of hydrogen-bond acceptors (Lipinski definition) is 3. The number of urea groups is 1. The first-order valence-electron chi connectivity index (χ1n) is 7.11.